The molecule has 0 N–H and O–H groups in total. The first-order valence-electron chi connectivity index (χ1n) is 7.69. The molecule has 1 heterocycles. The monoisotopic (exact) mass is 387 g/mol. The summed E-state index contributed by atoms with van der Waals surface area (Å²) in [5, 5.41) is 8.61. The minimum absolute atomic E-state index is 0.0120. The molecule has 0 aliphatic rings. The summed E-state index contributed by atoms with van der Waals surface area (Å²) in [5.74, 6) is -7.20. The van der Waals surface area contributed by atoms with E-state index in [1.807, 2.05) is 0 Å². The zero-order valence-electron chi connectivity index (χ0n) is 14.1. The predicted molar refractivity (Wildman–Crippen MR) is 88.2 cm³/mol. The predicted octanol–water partition coefficient (Wildman–Crippen LogP) is 4.10. The standard InChI is InChI=1S/C19H9F4N3O2/c1-9-7-25-18(26-8-9)10-2-15(22)17(16(23)3-10)19(27)28-11-4-13(20)12(6-24)14(21)5-11/h2-5,7-8H,1H3. The Morgan fingerprint density at radius 1 is 0.964 bits per heavy atom. The lowest BCUT2D eigenvalue weighted by Gasteiger charge is -2.09. The van der Waals surface area contributed by atoms with Crippen molar-refractivity contribution in [2.75, 3.05) is 0 Å². The molecular weight excluding hydrogens is 378 g/mol. The molecule has 0 fully saturated rings. The molecule has 3 aromatic rings. The van der Waals surface area contributed by atoms with Gasteiger partial charge in [-0.05, 0) is 24.6 Å². The number of aryl methyl sites for hydroxylation is 1. The van der Waals surface area contributed by atoms with Gasteiger partial charge in [0.05, 0.1) is 0 Å². The number of halogens is 4. The van der Waals surface area contributed by atoms with Gasteiger partial charge in [0.1, 0.15) is 46.2 Å². The van der Waals surface area contributed by atoms with E-state index in [0.29, 0.717) is 12.1 Å². The molecule has 0 aliphatic carbocycles. The summed E-state index contributed by atoms with van der Waals surface area (Å²) in [6.07, 6.45) is 2.91. The van der Waals surface area contributed by atoms with E-state index in [9.17, 15) is 22.4 Å². The number of rotatable bonds is 3. The van der Waals surface area contributed by atoms with Gasteiger partial charge >= 0.3 is 5.97 Å². The molecule has 0 saturated carbocycles. The van der Waals surface area contributed by atoms with E-state index in [1.165, 1.54) is 18.5 Å². The molecule has 0 saturated heterocycles. The molecule has 0 aliphatic heterocycles. The van der Waals surface area contributed by atoms with Crippen molar-refractivity contribution in [2.24, 2.45) is 0 Å². The topological polar surface area (TPSA) is 75.9 Å². The Bertz CT molecular complexity index is 1080. The van der Waals surface area contributed by atoms with Crippen LogP contribution in [0.1, 0.15) is 21.5 Å². The van der Waals surface area contributed by atoms with Gasteiger partial charge in [-0.3, -0.25) is 0 Å². The molecule has 9 heteroatoms. The Balaban J connectivity index is 1.92. The number of carbonyl (C=O) groups is 1. The van der Waals surface area contributed by atoms with Crippen LogP contribution in [-0.2, 0) is 0 Å². The third-order valence-electron chi connectivity index (χ3n) is 3.62. The van der Waals surface area contributed by atoms with Crippen LogP contribution in [0.4, 0.5) is 17.6 Å². The number of esters is 1. The van der Waals surface area contributed by atoms with E-state index >= 15 is 0 Å². The van der Waals surface area contributed by atoms with Crippen molar-refractivity contribution in [3.63, 3.8) is 0 Å². The minimum Gasteiger partial charge on any atom is -0.423 e. The van der Waals surface area contributed by atoms with E-state index in [4.69, 9.17) is 5.26 Å². The number of carbonyl (C=O) groups excluding carboxylic acids is 1. The van der Waals surface area contributed by atoms with E-state index in [1.54, 1.807) is 6.92 Å². The van der Waals surface area contributed by atoms with Crippen molar-refractivity contribution in [1.29, 1.82) is 5.26 Å². The Labute approximate surface area is 155 Å². The number of aromatic nitrogens is 2. The quantitative estimate of drug-likeness (QED) is 0.384. The Morgan fingerprint density at radius 3 is 2.00 bits per heavy atom. The highest BCUT2D eigenvalue weighted by atomic mass is 19.1. The second kappa shape index (κ2) is 7.44. The first-order valence-corrected chi connectivity index (χ1v) is 7.69. The van der Waals surface area contributed by atoms with Crippen LogP contribution < -0.4 is 4.74 Å². The summed E-state index contributed by atoms with van der Waals surface area (Å²) in [6.45, 7) is 1.73. The molecule has 5 nitrogen and oxygen atoms in total. The van der Waals surface area contributed by atoms with E-state index in [2.05, 4.69) is 14.7 Å². The van der Waals surface area contributed by atoms with Crippen LogP contribution in [0.15, 0.2) is 36.7 Å². The second-order valence-electron chi connectivity index (χ2n) is 5.66. The van der Waals surface area contributed by atoms with Gasteiger partial charge in [0, 0.05) is 30.1 Å². The molecule has 1 aromatic heterocycles. The highest BCUT2D eigenvalue weighted by molar-refractivity contribution is 5.92. The molecule has 28 heavy (non-hydrogen) atoms. The maximum absolute atomic E-state index is 14.3. The maximum Gasteiger partial charge on any atom is 0.349 e. The molecule has 140 valence electrons. The molecule has 0 unspecified atom stereocenters. The highest BCUT2D eigenvalue weighted by Crippen LogP contribution is 2.25. The number of benzene rings is 2. The fourth-order valence-corrected chi connectivity index (χ4v) is 2.31. The lowest BCUT2D eigenvalue weighted by molar-refractivity contribution is 0.0724. The van der Waals surface area contributed by atoms with Crippen LogP contribution in [0.5, 0.6) is 5.75 Å². The Hall–Kier alpha value is -3.80. The van der Waals surface area contributed by atoms with E-state index in [0.717, 1.165) is 17.7 Å². The SMILES string of the molecule is Cc1cnc(-c2cc(F)c(C(=O)Oc3cc(F)c(C#N)c(F)c3)c(F)c2)nc1. The van der Waals surface area contributed by atoms with E-state index < -0.39 is 46.1 Å². The fourth-order valence-electron chi connectivity index (χ4n) is 2.31. The summed E-state index contributed by atoms with van der Waals surface area (Å²) in [6, 6.07) is 4.09. The van der Waals surface area contributed by atoms with Crippen molar-refractivity contribution < 1.29 is 27.1 Å². The maximum atomic E-state index is 14.3. The normalized spacial score (nSPS) is 10.4. The van der Waals surface area contributed by atoms with Gasteiger partial charge in [0.2, 0.25) is 0 Å². The van der Waals surface area contributed by atoms with Crippen LogP contribution in [0, 0.1) is 41.5 Å². The summed E-state index contributed by atoms with van der Waals surface area (Å²) < 4.78 is 60.4. The average Bonchev–Trinajstić information content (AvgIpc) is 2.61. The van der Waals surface area contributed by atoms with Crippen molar-refractivity contribution in [3.05, 3.63) is 76.6 Å². The van der Waals surface area contributed by atoms with E-state index in [-0.39, 0.29) is 11.4 Å². The van der Waals surface area contributed by atoms with Gasteiger partial charge in [0.25, 0.3) is 0 Å². The first-order chi connectivity index (χ1) is 13.3. The zero-order valence-corrected chi connectivity index (χ0v) is 14.1. The summed E-state index contributed by atoms with van der Waals surface area (Å²) in [5.41, 5.74) is -1.20. The van der Waals surface area contributed by atoms with Gasteiger partial charge in [-0.2, -0.15) is 5.26 Å². The number of nitriles is 1. The third-order valence-corrected chi connectivity index (χ3v) is 3.62. The molecule has 0 atom stereocenters. The summed E-state index contributed by atoms with van der Waals surface area (Å²) in [7, 11) is 0. The molecule has 0 amide bonds. The number of hydrogen-bond donors (Lipinski definition) is 0. The van der Waals surface area contributed by atoms with Gasteiger partial charge in [-0.25, -0.2) is 32.3 Å². The molecule has 3 rings (SSSR count). The van der Waals surface area contributed by atoms with Crippen LogP contribution in [0.3, 0.4) is 0 Å². The Morgan fingerprint density at radius 2 is 1.50 bits per heavy atom. The average molecular weight is 387 g/mol. The largest absolute Gasteiger partial charge is 0.423 e. The molecule has 0 spiro atoms. The minimum atomic E-state index is -1.50. The van der Waals surface area contributed by atoms with Crippen molar-refractivity contribution >= 4 is 5.97 Å². The molecule has 2 aromatic carbocycles. The van der Waals surface area contributed by atoms with Crippen LogP contribution in [0.2, 0.25) is 0 Å². The second-order valence-corrected chi connectivity index (χ2v) is 5.66. The number of hydrogen-bond acceptors (Lipinski definition) is 5. The summed E-state index contributed by atoms with van der Waals surface area (Å²) in [4.78, 5) is 20.0. The van der Waals surface area contributed by atoms with Gasteiger partial charge in [0.15, 0.2) is 5.82 Å². The van der Waals surface area contributed by atoms with Gasteiger partial charge < -0.3 is 4.74 Å². The summed E-state index contributed by atoms with van der Waals surface area (Å²) >= 11 is 0. The first kappa shape index (κ1) is 19.0. The molecular formula is C19H9F4N3O2. The lowest BCUT2D eigenvalue weighted by Crippen LogP contribution is -2.14. The number of nitrogens with zero attached hydrogens (tertiary/aromatic N) is 3. The lowest BCUT2D eigenvalue weighted by atomic mass is 10.1. The van der Waals surface area contributed by atoms with Gasteiger partial charge in [-0.15, -0.1) is 0 Å². The highest BCUT2D eigenvalue weighted by Gasteiger charge is 2.23. The van der Waals surface area contributed by atoms with Crippen LogP contribution in [0.25, 0.3) is 11.4 Å². The molecule has 0 radical (unpaired) electrons. The van der Waals surface area contributed by atoms with Crippen LogP contribution in [-0.4, -0.2) is 15.9 Å². The molecule has 0 bridgehead atoms. The fraction of sp³-hybridized carbons (Fsp3) is 0.0526. The van der Waals surface area contributed by atoms with Gasteiger partial charge in [-0.1, -0.05) is 0 Å². The van der Waals surface area contributed by atoms with Crippen molar-refractivity contribution in [2.45, 2.75) is 6.92 Å². The third kappa shape index (κ3) is 3.66. The Kier molecular flexibility index (Phi) is 5.04. The van der Waals surface area contributed by atoms with Crippen LogP contribution >= 0.6 is 0 Å². The van der Waals surface area contributed by atoms with Crippen molar-refractivity contribution in [1.82, 2.24) is 9.97 Å². The zero-order chi connectivity index (χ0) is 20.4. The smallest absolute Gasteiger partial charge is 0.349 e. The van der Waals surface area contributed by atoms with Crippen molar-refractivity contribution in [3.8, 4) is 23.2 Å². The number of ether oxygens (including phenoxy) is 1.